The van der Waals surface area contributed by atoms with Gasteiger partial charge < -0.3 is 15.6 Å². The Balaban J connectivity index is 2.53. The van der Waals surface area contributed by atoms with Crippen molar-refractivity contribution in [1.82, 2.24) is 0 Å². The standard InChI is InChI=1S/C13H19NO2/c1-8-6-10(12(15)11(7-8)16-3)13(4-5-13)9(2)14/h6-7,9,15H,4-5,14H2,1-3H3. The van der Waals surface area contributed by atoms with Crippen LogP contribution in [0.25, 0.3) is 0 Å². The fourth-order valence-electron chi connectivity index (χ4n) is 2.39. The Morgan fingerprint density at radius 2 is 2.06 bits per heavy atom. The second-order valence-corrected chi connectivity index (χ2v) is 4.81. The molecule has 2 rings (SSSR count). The summed E-state index contributed by atoms with van der Waals surface area (Å²) in [6.45, 7) is 4.00. The molecule has 3 N–H and O–H groups in total. The van der Waals surface area contributed by atoms with Crippen LogP contribution in [0.4, 0.5) is 0 Å². The van der Waals surface area contributed by atoms with Crippen LogP contribution >= 0.6 is 0 Å². The molecule has 1 aliphatic carbocycles. The topological polar surface area (TPSA) is 55.5 Å². The number of benzene rings is 1. The second-order valence-electron chi connectivity index (χ2n) is 4.81. The number of hydrogen-bond acceptors (Lipinski definition) is 3. The highest BCUT2D eigenvalue weighted by Crippen LogP contribution is 2.54. The fourth-order valence-corrected chi connectivity index (χ4v) is 2.39. The predicted molar refractivity (Wildman–Crippen MR) is 64.0 cm³/mol. The second kappa shape index (κ2) is 3.67. The van der Waals surface area contributed by atoms with Gasteiger partial charge in [-0.3, -0.25) is 0 Å². The third-order valence-electron chi connectivity index (χ3n) is 3.64. The van der Waals surface area contributed by atoms with Crippen LogP contribution in [0.5, 0.6) is 11.5 Å². The summed E-state index contributed by atoms with van der Waals surface area (Å²) in [6.07, 6.45) is 2.09. The van der Waals surface area contributed by atoms with Gasteiger partial charge in [-0.2, -0.15) is 0 Å². The summed E-state index contributed by atoms with van der Waals surface area (Å²) in [7, 11) is 1.57. The van der Waals surface area contributed by atoms with E-state index in [2.05, 4.69) is 0 Å². The van der Waals surface area contributed by atoms with Gasteiger partial charge in [-0.25, -0.2) is 0 Å². The molecule has 88 valence electrons. The van der Waals surface area contributed by atoms with Crippen LogP contribution in [0.1, 0.15) is 30.9 Å². The largest absolute Gasteiger partial charge is 0.504 e. The molecule has 0 spiro atoms. The summed E-state index contributed by atoms with van der Waals surface area (Å²) in [5, 5.41) is 10.2. The Morgan fingerprint density at radius 1 is 1.44 bits per heavy atom. The third-order valence-corrected chi connectivity index (χ3v) is 3.64. The maximum absolute atomic E-state index is 10.2. The van der Waals surface area contributed by atoms with Gasteiger partial charge in [0.2, 0.25) is 0 Å². The van der Waals surface area contributed by atoms with E-state index in [1.54, 1.807) is 7.11 Å². The molecule has 1 aromatic rings. The van der Waals surface area contributed by atoms with Gasteiger partial charge in [0.25, 0.3) is 0 Å². The summed E-state index contributed by atoms with van der Waals surface area (Å²) < 4.78 is 5.18. The Kier molecular flexibility index (Phi) is 2.58. The lowest BCUT2D eigenvalue weighted by Crippen LogP contribution is -2.31. The van der Waals surface area contributed by atoms with E-state index in [-0.39, 0.29) is 17.2 Å². The van der Waals surface area contributed by atoms with Crippen molar-refractivity contribution in [3.63, 3.8) is 0 Å². The number of phenolic OH excluding ortho intramolecular Hbond substituents is 1. The molecule has 3 heteroatoms. The van der Waals surface area contributed by atoms with E-state index in [4.69, 9.17) is 10.5 Å². The highest BCUT2D eigenvalue weighted by atomic mass is 16.5. The molecule has 16 heavy (non-hydrogen) atoms. The van der Waals surface area contributed by atoms with E-state index in [0.717, 1.165) is 24.0 Å². The fraction of sp³-hybridized carbons (Fsp3) is 0.538. The highest BCUT2D eigenvalue weighted by Gasteiger charge is 2.49. The normalized spacial score (nSPS) is 19.2. The molecule has 0 bridgehead atoms. The number of hydrogen-bond donors (Lipinski definition) is 2. The molecule has 1 aliphatic rings. The Morgan fingerprint density at radius 3 is 2.50 bits per heavy atom. The van der Waals surface area contributed by atoms with Crippen LogP contribution in [-0.2, 0) is 5.41 Å². The number of aromatic hydroxyl groups is 1. The Labute approximate surface area is 96.2 Å². The Hall–Kier alpha value is -1.22. The first-order valence-corrected chi connectivity index (χ1v) is 5.65. The van der Waals surface area contributed by atoms with Crippen molar-refractivity contribution in [1.29, 1.82) is 0 Å². The molecular weight excluding hydrogens is 202 g/mol. The zero-order chi connectivity index (χ0) is 11.9. The Bertz CT molecular complexity index is 409. The predicted octanol–water partition coefficient (Wildman–Crippen LogP) is 2.09. The number of ether oxygens (including phenoxy) is 1. The number of rotatable bonds is 3. The summed E-state index contributed by atoms with van der Waals surface area (Å²) in [4.78, 5) is 0. The van der Waals surface area contributed by atoms with Crippen molar-refractivity contribution < 1.29 is 9.84 Å². The van der Waals surface area contributed by atoms with Crippen LogP contribution in [0.15, 0.2) is 12.1 Å². The van der Waals surface area contributed by atoms with E-state index in [1.807, 2.05) is 26.0 Å². The average molecular weight is 221 g/mol. The van der Waals surface area contributed by atoms with Gasteiger partial charge in [0.05, 0.1) is 7.11 Å². The van der Waals surface area contributed by atoms with E-state index in [9.17, 15) is 5.11 Å². The van der Waals surface area contributed by atoms with Crippen LogP contribution in [-0.4, -0.2) is 18.3 Å². The molecule has 1 atom stereocenters. The maximum Gasteiger partial charge on any atom is 0.161 e. The molecule has 0 heterocycles. The molecule has 1 saturated carbocycles. The molecular formula is C13H19NO2. The zero-order valence-corrected chi connectivity index (χ0v) is 10.1. The summed E-state index contributed by atoms with van der Waals surface area (Å²) in [5.41, 5.74) is 8.02. The summed E-state index contributed by atoms with van der Waals surface area (Å²) in [6, 6.07) is 3.93. The highest BCUT2D eigenvalue weighted by molar-refractivity contribution is 5.54. The van der Waals surface area contributed by atoms with Crippen molar-refractivity contribution in [3.8, 4) is 11.5 Å². The van der Waals surface area contributed by atoms with Crippen LogP contribution in [0, 0.1) is 6.92 Å². The number of phenols is 1. The van der Waals surface area contributed by atoms with Gasteiger partial charge in [0.1, 0.15) is 0 Å². The van der Waals surface area contributed by atoms with Crippen LogP contribution in [0.3, 0.4) is 0 Å². The minimum Gasteiger partial charge on any atom is -0.504 e. The smallest absolute Gasteiger partial charge is 0.161 e. The molecule has 0 aliphatic heterocycles. The van der Waals surface area contributed by atoms with E-state index < -0.39 is 0 Å². The summed E-state index contributed by atoms with van der Waals surface area (Å²) >= 11 is 0. The zero-order valence-electron chi connectivity index (χ0n) is 10.1. The minimum absolute atomic E-state index is 0.0383. The quantitative estimate of drug-likeness (QED) is 0.821. The van der Waals surface area contributed by atoms with Gasteiger partial charge in [-0.05, 0) is 38.3 Å². The molecule has 1 fully saturated rings. The average Bonchev–Trinajstić information content (AvgIpc) is 3.02. The SMILES string of the molecule is COc1cc(C)cc(C2(C(C)N)CC2)c1O. The lowest BCUT2D eigenvalue weighted by atomic mass is 9.87. The van der Waals surface area contributed by atoms with Gasteiger partial charge in [0.15, 0.2) is 11.5 Å². The van der Waals surface area contributed by atoms with Gasteiger partial charge >= 0.3 is 0 Å². The minimum atomic E-state index is -0.0383. The van der Waals surface area contributed by atoms with Crippen LogP contribution in [0.2, 0.25) is 0 Å². The van der Waals surface area contributed by atoms with Crippen molar-refractivity contribution in [2.75, 3.05) is 7.11 Å². The van der Waals surface area contributed by atoms with Crippen molar-refractivity contribution in [2.45, 2.75) is 38.1 Å². The van der Waals surface area contributed by atoms with Gasteiger partial charge in [-0.1, -0.05) is 6.07 Å². The maximum atomic E-state index is 10.2. The molecule has 3 nitrogen and oxygen atoms in total. The lowest BCUT2D eigenvalue weighted by Gasteiger charge is -2.22. The third kappa shape index (κ3) is 1.55. The van der Waals surface area contributed by atoms with E-state index in [0.29, 0.717) is 5.75 Å². The first-order valence-electron chi connectivity index (χ1n) is 5.65. The molecule has 0 saturated heterocycles. The molecule has 0 amide bonds. The molecule has 1 aromatic carbocycles. The monoisotopic (exact) mass is 221 g/mol. The van der Waals surface area contributed by atoms with Crippen molar-refractivity contribution >= 4 is 0 Å². The number of nitrogens with two attached hydrogens (primary N) is 1. The van der Waals surface area contributed by atoms with Crippen molar-refractivity contribution in [3.05, 3.63) is 23.3 Å². The summed E-state index contributed by atoms with van der Waals surface area (Å²) in [5.74, 6) is 0.796. The molecule has 1 unspecified atom stereocenters. The van der Waals surface area contributed by atoms with Gasteiger partial charge in [0, 0.05) is 17.0 Å². The number of aryl methyl sites for hydroxylation is 1. The first kappa shape index (κ1) is 11.3. The molecule has 0 radical (unpaired) electrons. The van der Waals surface area contributed by atoms with Gasteiger partial charge in [-0.15, -0.1) is 0 Å². The van der Waals surface area contributed by atoms with Crippen LogP contribution < -0.4 is 10.5 Å². The lowest BCUT2D eigenvalue weighted by molar-refractivity contribution is 0.364. The molecule has 0 aromatic heterocycles. The van der Waals surface area contributed by atoms with Crippen molar-refractivity contribution in [2.24, 2.45) is 5.73 Å². The number of methoxy groups -OCH3 is 1. The van der Waals surface area contributed by atoms with E-state index >= 15 is 0 Å². The first-order chi connectivity index (χ1) is 7.51. The van der Waals surface area contributed by atoms with E-state index in [1.165, 1.54) is 0 Å².